The molecule has 0 spiro atoms. The molecule has 0 amide bonds. The summed E-state index contributed by atoms with van der Waals surface area (Å²) < 4.78 is 38.1. The highest BCUT2D eigenvalue weighted by atomic mass is 15.2. The number of hydrogen-bond acceptors (Lipinski definition) is 1. The summed E-state index contributed by atoms with van der Waals surface area (Å²) in [5, 5.41) is 0. The molecule has 0 saturated carbocycles. The van der Waals surface area contributed by atoms with Crippen LogP contribution in [0, 0.1) is 0 Å². The van der Waals surface area contributed by atoms with Crippen LogP contribution in [-0.2, 0) is 0 Å². The predicted molar refractivity (Wildman–Crippen MR) is 40.6 cm³/mol. The van der Waals surface area contributed by atoms with Gasteiger partial charge in [-0.1, -0.05) is 0 Å². The first kappa shape index (κ1) is 2.91. The Morgan fingerprint density at radius 2 is 2.00 bits per heavy atom. The summed E-state index contributed by atoms with van der Waals surface area (Å²) >= 11 is 0. The maximum atomic E-state index is 7.72. The molecule has 9 heavy (non-hydrogen) atoms. The topological polar surface area (TPSA) is 3.24 Å². The van der Waals surface area contributed by atoms with Crippen LogP contribution < -0.4 is 0 Å². The van der Waals surface area contributed by atoms with Crippen molar-refractivity contribution in [3.63, 3.8) is 0 Å². The average molecular weight is 132 g/mol. The molecule has 0 aliphatic carbocycles. The average Bonchev–Trinajstić information content (AvgIpc) is 2.12. The first-order valence-corrected chi connectivity index (χ1v) is 3.15. The van der Waals surface area contributed by atoms with E-state index in [1.165, 1.54) is 4.90 Å². The Morgan fingerprint density at radius 3 is 2.22 bits per heavy atom. The first-order valence-electron chi connectivity index (χ1n) is 5.88. The van der Waals surface area contributed by atoms with Gasteiger partial charge in [0.25, 0.3) is 0 Å². The lowest BCUT2D eigenvalue weighted by Crippen LogP contribution is -2.38. The van der Waals surface area contributed by atoms with Gasteiger partial charge in [0, 0.05) is 12.4 Å². The van der Waals surface area contributed by atoms with Gasteiger partial charge in [0.1, 0.15) is 0 Å². The molecule has 0 aromatic carbocycles. The van der Waals surface area contributed by atoms with Crippen LogP contribution in [0.4, 0.5) is 0 Å². The molecule has 1 saturated heterocycles. The third kappa shape index (κ3) is 1.68. The molecule has 3 unspecified atom stereocenters. The zero-order chi connectivity index (χ0) is 11.3. The molecular formula is C8H17N. The Morgan fingerprint density at radius 1 is 1.33 bits per heavy atom. The van der Waals surface area contributed by atoms with Crippen LogP contribution >= 0.6 is 0 Å². The second-order valence-corrected chi connectivity index (χ2v) is 3.19. The third-order valence-electron chi connectivity index (χ3n) is 1.32. The SMILES string of the molecule is [2H]C1C([2H])C([2H])([2H])C([2H])N1C(C)(C)C. The molecular weight excluding hydrogens is 110 g/mol. The van der Waals surface area contributed by atoms with Gasteiger partial charge in [-0.05, 0) is 46.6 Å². The summed E-state index contributed by atoms with van der Waals surface area (Å²) in [5.74, 6) is 0. The van der Waals surface area contributed by atoms with Crippen LogP contribution in [-0.4, -0.2) is 23.5 Å². The van der Waals surface area contributed by atoms with Crippen LogP contribution in [0.3, 0.4) is 0 Å². The maximum Gasteiger partial charge on any atom is 0.0431 e. The van der Waals surface area contributed by atoms with Crippen molar-refractivity contribution in [2.45, 2.75) is 39.1 Å². The summed E-state index contributed by atoms with van der Waals surface area (Å²) in [5.41, 5.74) is -0.442. The number of nitrogens with zero attached hydrogens (tertiary/aromatic N) is 1. The van der Waals surface area contributed by atoms with Crippen molar-refractivity contribution in [1.82, 2.24) is 4.90 Å². The van der Waals surface area contributed by atoms with E-state index >= 15 is 0 Å². The van der Waals surface area contributed by atoms with E-state index < -0.39 is 31.4 Å². The summed E-state index contributed by atoms with van der Waals surface area (Å²) in [7, 11) is 0. The summed E-state index contributed by atoms with van der Waals surface area (Å²) in [6.07, 6.45) is -3.08. The highest BCUT2D eigenvalue weighted by molar-refractivity contribution is 4.79. The molecule has 1 fully saturated rings. The number of hydrogen-bond donors (Lipinski definition) is 0. The van der Waals surface area contributed by atoms with E-state index in [0.29, 0.717) is 0 Å². The van der Waals surface area contributed by atoms with Gasteiger partial charge in [-0.2, -0.15) is 0 Å². The molecule has 1 heterocycles. The van der Waals surface area contributed by atoms with E-state index in [9.17, 15) is 0 Å². The predicted octanol–water partition coefficient (Wildman–Crippen LogP) is 1.88. The van der Waals surface area contributed by atoms with Gasteiger partial charge in [-0.3, -0.25) is 4.90 Å². The minimum absolute atomic E-state index is 0.442. The van der Waals surface area contributed by atoms with Gasteiger partial charge in [0.15, 0.2) is 0 Å². The Labute approximate surface area is 65.1 Å². The molecule has 1 rings (SSSR count). The monoisotopic (exact) mass is 132 g/mol. The first-order chi connectivity index (χ1) is 6.10. The van der Waals surface area contributed by atoms with E-state index in [1.54, 1.807) is 0 Å². The van der Waals surface area contributed by atoms with Gasteiger partial charge in [0.2, 0.25) is 0 Å². The van der Waals surface area contributed by atoms with Crippen molar-refractivity contribution in [2.75, 3.05) is 13.0 Å². The fraction of sp³-hybridized carbons (Fsp3) is 1.00. The normalized spacial score (nSPS) is 61.2. The van der Waals surface area contributed by atoms with E-state index in [1.807, 2.05) is 20.8 Å². The van der Waals surface area contributed by atoms with Crippen LogP contribution in [0.15, 0.2) is 0 Å². The zero-order valence-corrected chi connectivity index (χ0v) is 6.18. The number of likely N-dealkylation sites (tertiary alicyclic amines) is 1. The van der Waals surface area contributed by atoms with Gasteiger partial charge < -0.3 is 0 Å². The highest BCUT2D eigenvalue weighted by Crippen LogP contribution is 2.19. The Kier molecular flexibility index (Phi) is 0.743. The van der Waals surface area contributed by atoms with Gasteiger partial charge >= 0.3 is 0 Å². The van der Waals surface area contributed by atoms with Crippen LogP contribution in [0.1, 0.15) is 40.4 Å². The van der Waals surface area contributed by atoms with Crippen molar-refractivity contribution in [3.8, 4) is 0 Å². The molecule has 54 valence electrons. The summed E-state index contributed by atoms with van der Waals surface area (Å²) in [6.45, 7) is 3.44. The van der Waals surface area contributed by atoms with Crippen LogP contribution in [0.5, 0.6) is 0 Å². The molecule has 1 heteroatoms. The van der Waals surface area contributed by atoms with Crippen molar-refractivity contribution in [2.24, 2.45) is 0 Å². The fourth-order valence-corrected chi connectivity index (χ4v) is 0.707. The second kappa shape index (κ2) is 2.30. The second-order valence-electron chi connectivity index (χ2n) is 3.19. The summed E-state index contributed by atoms with van der Waals surface area (Å²) in [4.78, 5) is 1.45. The van der Waals surface area contributed by atoms with Gasteiger partial charge in [0.05, 0.1) is 0 Å². The summed E-state index contributed by atoms with van der Waals surface area (Å²) in [6, 6.07) is 0. The quantitative estimate of drug-likeness (QED) is 0.486. The Balaban J connectivity index is 3.02. The van der Waals surface area contributed by atoms with Crippen LogP contribution in [0.2, 0.25) is 0 Å². The number of rotatable bonds is 0. The Bertz CT molecular complexity index is 224. The van der Waals surface area contributed by atoms with Gasteiger partial charge in [-0.25, -0.2) is 0 Å². The largest absolute Gasteiger partial charge is 0.298 e. The highest BCUT2D eigenvalue weighted by Gasteiger charge is 2.23. The fourth-order valence-electron chi connectivity index (χ4n) is 0.707. The lowest BCUT2D eigenvalue weighted by molar-refractivity contribution is 0.175. The lowest BCUT2D eigenvalue weighted by Gasteiger charge is -2.31. The molecule has 1 aliphatic rings. The molecule has 3 atom stereocenters. The van der Waals surface area contributed by atoms with E-state index in [-0.39, 0.29) is 0 Å². The standard InChI is InChI=1S/C8H17N/c1-8(2,3)9-6-4-5-7-9/h4-7H2,1-3H3/i4D,5D2,6D,7D. The van der Waals surface area contributed by atoms with Crippen molar-refractivity contribution < 1.29 is 6.85 Å². The smallest absolute Gasteiger partial charge is 0.0431 e. The van der Waals surface area contributed by atoms with E-state index in [0.717, 1.165) is 0 Å². The third-order valence-corrected chi connectivity index (χ3v) is 1.32. The molecule has 0 aromatic heterocycles. The van der Waals surface area contributed by atoms with Crippen molar-refractivity contribution in [1.29, 1.82) is 0 Å². The van der Waals surface area contributed by atoms with E-state index in [4.69, 9.17) is 6.85 Å². The molecule has 0 N–H and O–H groups in total. The maximum absolute atomic E-state index is 7.72. The Hall–Kier alpha value is -0.0400. The molecule has 0 bridgehead atoms. The molecule has 0 aromatic rings. The van der Waals surface area contributed by atoms with Crippen LogP contribution in [0.25, 0.3) is 0 Å². The minimum atomic E-state index is -1.92. The molecule has 0 radical (unpaired) electrons. The minimum Gasteiger partial charge on any atom is -0.298 e. The van der Waals surface area contributed by atoms with Crippen molar-refractivity contribution in [3.05, 3.63) is 0 Å². The van der Waals surface area contributed by atoms with Gasteiger partial charge in [-0.15, -0.1) is 0 Å². The van der Waals surface area contributed by atoms with Crippen molar-refractivity contribution >= 4 is 0 Å². The van der Waals surface area contributed by atoms with E-state index in [2.05, 4.69) is 0 Å². The lowest BCUT2D eigenvalue weighted by atomic mass is 10.1. The molecule has 1 aliphatic heterocycles. The zero-order valence-electron chi connectivity index (χ0n) is 11.2. The molecule has 1 nitrogen and oxygen atoms in total.